The number of hydrogen-bond donors (Lipinski definition) is 0. The Kier molecular flexibility index (Phi) is 8.96. The third-order valence-electron chi connectivity index (χ3n) is 14.0. The molecule has 0 saturated heterocycles. The number of hydrogen-bond acceptors (Lipinski definition) is 5. The van der Waals surface area contributed by atoms with E-state index in [-0.39, 0.29) is 0 Å². The third kappa shape index (κ3) is 6.39. The van der Waals surface area contributed by atoms with Crippen LogP contribution in [0, 0.1) is 0 Å². The van der Waals surface area contributed by atoms with Gasteiger partial charge >= 0.3 is 0 Å². The Balaban J connectivity index is 0.841. The first-order valence-electron chi connectivity index (χ1n) is 23.6. The summed E-state index contributed by atoms with van der Waals surface area (Å²) in [5.74, 6) is 1.87. The van der Waals surface area contributed by atoms with E-state index >= 15 is 0 Å². The lowest BCUT2D eigenvalue weighted by Crippen LogP contribution is -2.40. The molecule has 1 aliphatic carbocycles. The lowest BCUT2D eigenvalue weighted by atomic mass is 9.91. The maximum Gasteiger partial charge on any atom is 0.143 e. The zero-order valence-electron chi connectivity index (χ0n) is 37.5. The van der Waals surface area contributed by atoms with Gasteiger partial charge in [0.25, 0.3) is 0 Å². The molecule has 0 amide bonds. The SMILES string of the molecule is c1ccc(N(C2=c3cccc4c3=C(CC2)Oc2cc(N(c3ccccc3)c3ccc(-c5cccc6c5oc5ccccc56)cc3)ccc2-4)c2ccc(-c3cccc4c3oc3ccccc34)cc2)cc1. The van der Waals surface area contributed by atoms with Crippen LogP contribution in [0.25, 0.3) is 88.7 Å². The van der Waals surface area contributed by atoms with Gasteiger partial charge in [0.1, 0.15) is 33.8 Å². The quantitative estimate of drug-likeness (QED) is 0.152. The second kappa shape index (κ2) is 15.8. The zero-order valence-corrected chi connectivity index (χ0v) is 37.5. The molecule has 69 heavy (non-hydrogen) atoms. The average Bonchev–Trinajstić information content (AvgIpc) is 4.00. The molecule has 2 aromatic heterocycles. The van der Waals surface area contributed by atoms with Crippen LogP contribution in [0.4, 0.5) is 28.4 Å². The summed E-state index contributed by atoms with van der Waals surface area (Å²) in [4.78, 5) is 4.73. The number of rotatable bonds is 8. The van der Waals surface area contributed by atoms with Gasteiger partial charge in [-0.15, -0.1) is 0 Å². The maximum atomic E-state index is 7.04. The lowest BCUT2D eigenvalue weighted by molar-refractivity contribution is 0.480. The van der Waals surface area contributed by atoms with E-state index in [1.807, 2.05) is 24.3 Å². The van der Waals surface area contributed by atoms with E-state index in [0.29, 0.717) is 0 Å². The van der Waals surface area contributed by atoms with Gasteiger partial charge in [0.05, 0.1) is 0 Å². The van der Waals surface area contributed by atoms with Crippen molar-refractivity contribution in [2.45, 2.75) is 12.8 Å². The third-order valence-corrected chi connectivity index (χ3v) is 14.0. The molecule has 326 valence electrons. The van der Waals surface area contributed by atoms with Gasteiger partial charge in [0.2, 0.25) is 0 Å². The summed E-state index contributed by atoms with van der Waals surface area (Å²) >= 11 is 0. The monoisotopic (exact) mass is 886 g/mol. The van der Waals surface area contributed by atoms with Crippen molar-refractivity contribution in [1.29, 1.82) is 0 Å². The molecule has 0 fully saturated rings. The van der Waals surface area contributed by atoms with Crippen molar-refractivity contribution in [3.63, 3.8) is 0 Å². The van der Waals surface area contributed by atoms with E-state index in [0.717, 1.165) is 124 Å². The second-order valence-electron chi connectivity index (χ2n) is 17.9. The fourth-order valence-electron chi connectivity index (χ4n) is 10.8. The van der Waals surface area contributed by atoms with Gasteiger partial charge in [0.15, 0.2) is 0 Å². The van der Waals surface area contributed by atoms with Crippen LogP contribution < -0.4 is 25.0 Å². The van der Waals surface area contributed by atoms with Gasteiger partial charge in [-0.1, -0.05) is 152 Å². The van der Waals surface area contributed by atoms with Gasteiger partial charge in [0, 0.05) is 95.3 Å². The van der Waals surface area contributed by atoms with Crippen LogP contribution >= 0.6 is 0 Å². The van der Waals surface area contributed by atoms with Crippen LogP contribution in [-0.4, -0.2) is 0 Å². The number of anilines is 5. The Morgan fingerprint density at radius 2 is 0.812 bits per heavy atom. The summed E-state index contributed by atoms with van der Waals surface area (Å²) in [5.41, 5.74) is 16.8. The van der Waals surface area contributed by atoms with Crippen molar-refractivity contribution < 1.29 is 13.6 Å². The molecule has 10 aromatic carbocycles. The smallest absolute Gasteiger partial charge is 0.143 e. The summed E-state index contributed by atoms with van der Waals surface area (Å²) < 4.78 is 19.9. The van der Waals surface area contributed by atoms with Crippen molar-refractivity contribution in [3.05, 3.63) is 241 Å². The highest BCUT2D eigenvalue weighted by atomic mass is 16.5. The topological polar surface area (TPSA) is 42.0 Å². The Hall–Kier alpha value is -9.06. The molecule has 0 unspecified atom stereocenters. The van der Waals surface area contributed by atoms with Gasteiger partial charge in [-0.05, 0) is 95.9 Å². The molecule has 5 nitrogen and oxygen atoms in total. The van der Waals surface area contributed by atoms with Crippen LogP contribution in [0.15, 0.2) is 239 Å². The largest absolute Gasteiger partial charge is 0.460 e. The Morgan fingerprint density at radius 1 is 0.333 bits per heavy atom. The van der Waals surface area contributed by atoms with Crippen LogP contribution in [0.3, 0.4) is 0 Å². The summed E-state index contributed by atoms with van der Waals surface area (Å²) in [6, 6.07) is 81.7. The van der Waals surface area contributed by atoms with Gasteiger partial charge in [-0.2, -0.15) is 0 Å². The molecule has 0 N–H and O–H groups in total. The summed E-state index contributed by atoms with van der Waals surface area (Å²) in [7, 11) is 0. The van der Waals surface area contributed by atoms with E-state index in [2.05, 4.69) is 216 Å². The molecule has 3 heterocycles. The number of para-hydroxylation sites is 6. The first-order valence-corrected chi connectivity index (χ1v) is 23.6. The van der Waals surface area contributed by atoms with Crippen molar-refractivity contribution in [2.24, 2.45) is 0 Å². The molecule has 0 spiro atoms. The Labute approximate surface area is 398 Å². The standard InChI is InChI=1S/C64H42N2O3/c1-3-14-43(15-4-1)65(45-32-28-41(29-33-45)48-20-11-23-54-50-18-7-9-26-58(50)68-63(48)54)47-36-37-52-53-22-13-25-56-57(38-39-60(62(53)56)67-61(52)40-47)66(44-16-5-2-6-17-44)46-34-30-42(31-35-46)49-21-12-24-55-51-19-8-10-27-59(51)69-64(49)55/h1-37,40H,38-39H2. The molecule has 12 aromatic rings. The van der Waals surface area contributed by atoms with Crippen LogP contribution in [0.2, 0.25) is 0 Å². The molecule has 0 radical (unpaired) electrons. The molecule has 0 bridgehead atoms. The van der Waals surface area contributed by atoms with Gasteiger partial charge in [-0.25, -0.2) is 0 Å². The van der Waals surface area contributed by atoms with Crippen LogP contribution in [-0.2, 0) is 0 Å². The molecule has 5 heteroatoms. The highest BCUT2D eigenvalue weighted by molar-refractivity contribution is 6.10. The molecule has 2 aliphatic rings. The molecule has 0 atom stereocenters. The number of furan rings is 2. The molecule has 0 saturated carbocycles. The Morgan fingerprint density at radius 3 is 1.42 bits per heavy atom. The number of ether oxygens (including phenoxy) is 1. The molecular weight excluding hydrogens is 845 g/mol. The fourth-order valence-corrected chi connectivity index (χ4v) is 10.8. The Bertz CT molecular complexity index is 4100. The summed E-state index contributed by atoms with van der Waals surface area (Å²) in [5, 5.41) is 6.87. The first-order chi connectivity index (χ1) is 34.2. The summed E-state index contributed by atoms with van der Waals surface area (Å²) in [6.07, 6.45) is 1.57. The maximum absolute atomic E-state index is 7.04. The highest BCUT2D eigenvalue weighted by Gasteiger charge is 2.28. The van der Waals surface area contributed by atoms with Crippen molar-refractivity contribution >= 4 is 83.8 Å². The highest BCUT2D eigenvalue weighted by Crippen LogP contribution is 2.45. The van der Waals surface area contributed by atoms with E-state index in [4.69, 9.17) is 13.6 Å². The lowest BCUT2D eigenvalue weighted by Gasteiger charge is -2.32. The van der Waals surface area contributed by atoms with Crippen molar-refractivity contribution in [2.75, 3.05) is 9.80 Å². The minimum atomic E-state index is 0.764. The summed E-state index contributed by atoms with van der Waals surface area (Å²) in [6.45, 7) is 0. The normalized spacial score (nSPS) is 12.9. The predicted molar refractivity (Wildman–Crippen MR) is 283 cm³/mol. The first kappa shape index (κ1) is 39.1. The zero-order chi connectivity index (χ0) is 45.4. The van der Waals surface area contributed by atoms with E-state index in [1.54, 1.807) is 0 Å². The van der Waals surface area contributed by atoms with E-state index in [1.165, 1.54) is 21.7 Å². The number of benzene rings is 10. The van der Waals surface area contributed by atoms with Crippen LogP contribution in [0.5, 0.6) is 5.75 Å². The van der Waals surface area contributed by atoms with Crippen molar-refractivity contribution in [3.8, 4) is 39.1 Å². The second-order valence-corrected chi connectivity index (χ2v) is 17.9. The number of fused-ring (bicyclic) bond motifs is 8. The predicted octanol–water partition coefficient (Wildman–Crippen LogP) is 16.2. The minimum absolute atomic E-state index is 0.764. The van der Waals surface area contributed by atoms with Gasteiger partial charge < -0.3 is 23.4 Å². The fraction of sp³-hybridized carbons (Fsp3) is 0.0312. The van der Waals surface area contributed by atoms with Crippen LogP contribution in [0.1, 0.15) is 12.8 Å². The molecule has 1 aliphatic heterocycles. The average molecular weight is 887 g/mol. The minimum Gasteiger partial charge on any atom is -0.460 e. The van der Waals surface area contributed by atoms with Crippen molar-refractivity contribution in [1.82, 2.24) is 0 Å². The molecule has 14 rings (SSSR count). The van der Waals surface area contributed by atoms with Gasteiger partial charge in [-0.3, -0.25) is 0 Å². The van der Waals surface area contributed by atoms with E-state index < -0.39 is 0 Å². The number of nitrogens with zero attached hydrogens (tertiary/aromatic N) is 2. The molecular formula is C64H42N2O3. The van der Waals surface area contributed by atoms with E-state index in [9.17, 15) is 0 Å².